The number of nitrogens with zero attached hydrogens (tertiary/aromatic N) is 3. The number of methoxy groups -OCH3 is 2. The lowest BCUT2D eigenvalue weighted by molar-refractivity contribution is 0.394. The lowest BCUT2D eigenvalue weighted by Crippen LogP contribution is -2.30. The number of aromatic nitrogens is 2. The van der Waals surface area contributed by atoms with E-state index in [0.717, 1.165) is 22.8 Å². The first-order valence-corrected chi connectivity index (χ1v) is 11.2. The summed E-state index contributed by atoms with van der Waals surface area (Å²) in [6.07, 6.45) is 3.68. The fraction of sp³-hybridized carbons (Fsp3) is 0.154. The number of ether oxygens (including phenoxy) is 2. The van der Waals surface area contributed by atoms with Crippen LogP contribution >= 0.6 is 12.2 Å². The molecule has 0 spiro atoms. The zero-order valence-corrected chi connectivity index (χ0v) is 19.5. The van der Waals surface area contributed by atoms with Crippen molar-refractivity contribution in [3.05, 3.63) is 102 Å². The summed E-state index contributed by atoms with van der Waals surface area (Å²) in [5, 5.41) is 3.99. The van der Waals surface area contributed by atoms with Crippen molar-refractivity contribution in [3.8, 4) is 17.2 Å². The number of hydrogen-bond acceptors (Lipinski definition) is 4. The number of benzene rings is 2. The Morgan fingerprint density at radius 2 is 1.85 bits per heavy atom. The molecule has 1 aliphatic heterocycles. The van der Waals surface area contributed by atoms with Crippen LogP contribution < -0.4 is 19.7 Å². The Labute approximate surface area is 202 Å². The first-order chi connectivity index (χ1) is 16.6. The molecular weight excluding hydrogens is 451 g/mol. The second kappa shape index (κ2) is 9.15. The highest BCUT2D eigenvalue weighted by atomic mass is 32.1. The predicted octanol–water partition coefficient (Wildman–Crippen LogP) is 5.21. The fourth-order valence-electron chi connectivity index (χ4n) is 4.39. The van der Waals surface area contributed by atoms with Gasteiger partial charge in [0.2, 0.25) is 0 Å². The summed E-state index contributed by atoms with van der Waals surface area (Å²) >= 11 is 5.83. The lowest BCUT2D eigenvalue weighted by Gasteiger charge is -2.30. The van der Waals surface area contributed by atoms with Crippen molar-refractivity contribution in [2.45, 2.75) is 12.1 Å². The molecule has 172 valence electrons. The van der Waals surface area contributed by atoms with Crippen LogP contribution in [0.3, 0.4) is 0 Å². The molecule has 1 N–H and O–H groups in total. The van der Waals surface area contributed by atoms with Crippen LogP contribution in [-0.2, 0) is 0 Å². The first kappa shape index (κ1) is 21.9. The monoisotopic (exact) mass is 474 g/mol. The van der Waals surface area contributed by atoms with Gasteiger partial charge in [-0.2, -0.15) is 0 Å². The largest absolute Gasteiger partial charge is 0.497 e. The zero-order chi connectivity index (χ0) is 23.7. The van der Waals surface area contributed by atoms with Crippen LogP contribution in [0, 0.1) is 5.82 Å². The summed E-state index contributed by atoms with van der Waals surface area (Å²) in [5.74, 6) is 1.01. The number of nitrogens with one attached hydrogen (secondary N) is 1. The second-order valence-corrected chi connectivity index (χ2v) is 8.20. The molecule has 2 aromatic heterocycles. The van der Waals surface area contributed by atoms with Crippen molar-refractivity contribution in [1.82, 2.24) is 14.9 Å². The zero-order valence-electron chi connectivity index (χ0n) is 18.7. The third kappa shape index (κ3) is 3.86. The molecule has 0 radical (unpaired) electrons. The molecule has 34 heavy (non-hydrogen) atoms. The number of halogens is 1. The highest BCUT2D eigenvalue weighted by Gasteiger charge is 2.43. The molecular formula is C26H23FN4O2S. The Kier molecular flexibility index (Phi) is 5.90. The van der Waals surface area contributed by atoms with Gasteiger partial charge in [-0.3, -0.25) is 4.98 Å². The van der Waals surface area contributed by atoms with Gasteiger partial charge in [0.25, 0.3) is 0 Å². The molecule has 1 fully saturated rings. The molecule has 1 aliphatic rings. The summed E-state index contributed by atoms with van der Waals surface area (Å²) in [5.41, 5.74) is 3.28. The Hall–Kier alpha value is -3.91. The van der Waals surface area contributed by atoms with Gasteiger partial charge in [0, 0.05) is 29.8 Å². The van der Waals surface area contributed by atoms with Gasteiger partial charge >= 0.3 is 0 Å². The molecule has 3 heterocycles. The highest BCUT2D eigenvalue weighted by Crippen LogP contribution is 2.45. The molecule has 5 rings (SSSR count). The quantitative estimate of drug-likeness (QED) is 0.388. The van der Waals surface area contributed by atoms with Crippen molar-refractivity contribution >= 4 is 23.0 Å². The molecule has 0 saturated carbocycles. The third-order valence-corrected chi connectivity index (χ3v) is 6.23. The van der Waals surface area contributed by atoms with E-state index in [2.05, 4.69) is 10.3 Å². The Balaban J connectivity index is 1.69. The van der Waals surface area contributed by atoms with Crippen LogP contribution in [0.25, 0.3) is 5.69 Å². The molecule has 2 aromatic carbocycles. The van der Waals surface area contributed by atoms with Gasteiger partial charge in [-0.05, 0) is 66.8 Å². The third-order valence-electron chi connectivity index (χ3n) is 5.91. The number of rotatable bonds is 6. The van der Waals surface area contributed by atoms with Crippen molar-refractivity contribution in [3.63, 3.8) is 0 Å². The summed E-state index contributed by atoms with van der Waals surface area (Å²) in [6.45, 7) is 0. The minimum absolute atomic E-state index is 0.247. The second-order valence-electron chi connectivity index (χ2n) is 7.82. The number of pyridine rings is 1. The van der Waals surface area contributed by atoms with Crippen LogP contribution in [0.4, 0.5) is 10.1 Å². The van der Waals surface area contributed by atoms with Crippen molar-refractivity contribution in [2.24, 2.45) is 0 Å². The Morgan fingerprint density at radius 1 is 0.971 bits per heavy atom. The van der Waals surface area contributed by atoms with E-state index in [9.17, 15) is 4.39 Å². The van der Waals surface area contributed by atoms with Crippen LogP contribution in [0.2, 0.25) is 0 Å². The first-order valence-electron chi connectivity index (χ1n) is 10.8. The maximum atomic E-state index is 14.1. The summed E-state index contributed by atoms with van der Waals surface area (Å²) in [7, 11) is 3.23. The molecule has 0 amide bonds. The van der Waals surface area contributed by atoms with Gasteiger partial charge in [0.15, 0.2) is 5.11 Å². The van der Waals surface area contributed by atoms with Crippen LogP contribution in [-0.4, -0.2) is 28.9 Å². The van der Waals surface area contributed by atoms with E-state index in [-0.39, 0.29) is 17.9 Å². The van der Waals surface area contributed by atoms with Gasteiger partial charge in [-0.1, -0.05) is 12.1 Å². The fourth-order valence-corrected chi connectivity index (χ4v) is 4.73. The molecule has 0 bridgehead atoms. The standard InChI is InChI=1S/C26H23FN4O2S/c1-32-19-11-12-21(23(16-19)33-2)31-25(24(29-26(31)34)20-9-3-4-13-28-20)22-10-6-14-30(22)18-8-5-7-17(27)15-18/h3-16,24-25H,1-2H3,(H,29,34)/t24-,25+/m0/s1. The highest BCUT2D eigenvalue weighted by molar-refractivity contribution is 7.80. The van der Waals surface area contributed by atoms with Gasteiger partial charge in [-0.25, -0.2) is 4.39 Å². The molecule has 8 heteroatoms. The number of anilines is 1. The van der Waals surface area contributed by atoms with Gasteiger partial charge in [0.05, 0.1) is 31.6 Å². The molecule has 2 atom stereocenters. The van der Waals surface area contributed by atoms with Crippen LogP contribution in [0.1, 0.15) is 23.5 Å². The van der Waals surface area contributed by atoms with Gasteiger partial charge in [0.1, 0.15) is 23.4 Å². The van der Waals surface area contributed by atoms with Gasteiger partial charge < -0.3 is 24.3 Å². The van der Waals surface area contributed by atoms with Crippen LogP contribution in [0.15, 0.2) is 85.2 Å². The topological polar surface area (TPSA) is 51.5 Å². The molecule has 0 aliphatic carbocycles. The van der Waals surface area contributed by atoms with Crippen molar-refractivity contribution in [1.29, 1.82) is 0 Å². The lowest BCUT2D eigenvalue weighted by atomic mass is 10.0. The van der Waals surface area contributed by atoms with Crippen molar-refractivity contribution < 1.29 is 13.9 Å². The van der Waals surface area contributed by atoms with E-state index in [0.29, 0.717) is 16.6 Å². The summed E-state index contributed by atoms with van der Waals surface area (Å²) in [4.78, 5) is 6.63. The maximum Gasteiger partial charge on any atom is 0.174 e. The maximum absolute atomic E-state index is 14.1. The Bertz CT molecular complexity index is 1330. The average molecular weight is 475 g/mol. The molecule has 1 saturated heterocycles. The number of thiocarbonyl (C=S) groups is 1. The summed E-state index contributed by atoms with van der Waals surface area (Å²) in [6, 6.07) is 21.4. The molecule has 4 aromatic rings. The van der Waals surface area contributed by atoms with E-state index in [1.54, 1.807) is 26.5 Å². The number of hydrogen-bond donors (Lipinski definition) is 1. The molecule has 6 nitrogen and oxygen atoms in total. The van der Waals surface area contributed by atoms with Crippen molar-refractivity contribution in [2.75, 3.05) is 19.1 Å². The van der Waals surface area contributed by atoms with E-state index < -0.39 is 0 Å². The summed E-state index contributed by atoms with van der Waals surface area (Å²) < 4.78 is 27.1. The average Bonchev–Trinajstić information content (AvgIpc) is 3.48. The van der Waals surface area contributed by atoms with E-state index in [1.165, 1.54) is 12.1 Å². The van der Waals surface area contributed by atoms with E-state index in [4.69, 9.17) is 21.7 Å². The molecule has 0 unspecified atom stereocenters. The normalized spacial score (nSPS) is 17.5. The minimum Gasteiger partial charge on any atom is -0.497 e. The minimum atomic E-state index is -0.299. The van der Waals surface area contributed by atoms with E-state index in [1.807, 2.05) is 70.3 Å². The predicted molar refractivity (Wildman–Crippen MR) is 133 cm³/mol. The van der Waals surface area contributed by atoms with Gasteiger partial charge in [-0.15, -0.1) is 0 Å². The SMILES string of the molecule is COc1ccc(N2C(=S)N[C@@H](c3ccccn3)[C@H]2c2cccn2-c2cccc(F)c2)c(OC)c1. The van der Waals surface area contributed by atoms with E-state index >= 15 is 0 Å². The van der Waals surface area contributed by atoms with Crippen LogP contribution in [0.5, 0.6) is 11.5 Å². The smallest absolute Gasteiger partial charge is 0.174 e. The Morgan fingerprint density at radius 3 is 2.59 bits per heavy atom.